The summed E-state index contributed by atoms with van der Waals surface area (Å²) in [6, 6.07) is 9.70. The van der Waals surface area contributed by atoms with E-state index in [1.165, 1.54) is 27.7 Å². The van der Waals surface area contributed by atoms with E-state index in [9.17, 15) is 19.1 Å². The third kappa shape index (κ3) is 3.89. The average Bonchev–Trinajstić information content (AvgIpc) is 2.64. The SMILES string of the molecule is CCC(c1nc2cccc(Cl)c2c(=O)n1-c1cccc(F)c1)N(C(=O)O)C(C)(C)C. The largest absolute Gasteiger partial charge is 0.465 e. The maximum absolute atomic E-state index is 14.0. The molecule has 0 saturated heterocycles. The Morgan fingerprint density at radius 2 is 1.93 bits per heavy atom. The molecule has 30 heavy (non-hydrogen) atoms. The third-order valence-corrected chi connectivity index (χ3v) is 5.18. The molecular weight excluding hydrogens is 409 g/mol. The number of hydrogen-bond acceptors (Lipinski definition) is 3. The van der Waals surface area contributed by atoms with Crippen LogP contribution in [0.5, 0.6) is 0 Å². The summed E-state index contributed by atoms with van der Waals surface area (Å²) in [6.45, 7) is 7.13. The topological polar surface area (TPSA) is 75.4 Å². The molecule has 6 nitrogen and oxygen atoms in total. The molecule has 1 heterocycles. The molecule has 0 aliphatic rings. The lowest BCUT2D eigenvalue weighted by atomic mass is 10.0. The molecule has 1 unspecified atom stereocenters. The first-order valence-corrected chi connectivity index (χ1v) is 9.93. The molecule has 1 N–H and O–H groups in total. The molecule has 0 bridgehead atoms. The monoisotopic (exact) mass is 431 g/mol. The molecule has 1 aromatic heterocycles. The molecule has 0 radical (unpaired) electrons. The van der Waals surface area contributed by atoms with Crippen molar-refractivity contribution < 1.29 is 14.3 Å². The van der Waals surface area contributed by atoms with Gasteiger partial charge in [-0.2, -0.15) is 0 Å². The van der Waals surface area contributed by atoms with Crippen LogP contribution in [-0.2, 0) is 0 Å². The molecule has 0 spiro atoms. The van der Waals surface area contributed by atoms with Gasteiger partial charge in [0.15, 0.2) is 0 Å². The summed E-state index contributed by atoms with van der Waals surface area (Å²) in [5, 5.41) is 10.4. The highest BCUT2D eigenvalue weighted by Crippen LogP contribution is 2.32. The van der Waals surface area contributed by atoms with Gasteiger partial charge in [-0.05, 0) is 57.5 Å². The third-order valence-electron chi connectivity index (χ3n) is 4.86. The van der Waals surface area contributed by atoms with Gasteiger partial charge in [-0.1, -0.05) is 30.7 Å². The van der Waals surface area contributed by atoms with Gasteiger partial charge in [-0.15, -0.1) is 0 Å². The zero-order chi connectivity index (χ0) is 22.2. The van der Waals surface area contributed by atoms with E-state index in [0.29, 0.717) is 11.9 Å². The molecule has 158 valence electrons. The van der Waals surface area contributed by atoms with Crippen molar-refractivity contribution in [2.45, 2.75) is 45.7 Å². The fourth-order valence-corrected chi connectivity index (χ4v) is 3.91. The standard InChI is InChI=1S/C22H23ClFN3O3/c1-5-17(27(21(29)30)22(2,3)4)19-25-16-11-7-10-15(23)18(16)20(28)26(19)14-9-6-8-13(24)12-14/h6-12,17H,5H2,1-4H3,(H,29,30). The molecule has 0 aliphatic carbocycles. The second-order valence-electron chi connectivity index (χ2n) is 7.97. The Morgan fingerprint density at radius 1 is 1.27 bits per heavy atom. The van der Waals surface area contributed by atoms with E-state index >= 15 is 0 Å². The van der Waals surface area contributed by atoms with Gasteiger partial charge in [-0.25, -0.2) is 14.2 Å². The van der Waals surface area contributed by atoms with Crippen LogP contribution in [0.4, 0.5) is 9.18 Å². The van der Waals surface area contributed by atoms with Crippen LogP contribution in [0, 0.1) is 5.82 Å². The van der Waals surface area contributed by atoms with E-state index in [1.807, 2.05) is 6.92 Å². The summed E-state index contributed by atoms with van der Waals surface area (Å²) >= 11 is 6.27. The number of nitrogens with zero attached hydrogens (tertiary/aromatic N) is 3. The summed E-state index contributed by atoms with van der Waals surface area (Å²) in [5.74, 6) is -0.316. The first kappa shape index (κ1) is 21.8. The van der Waals surface area contributed by atoms with E-state index < -0.39 is 29.1 Å². The van der Waals surface area contributed by atoms with Crippen molar-refractivity contribution in [2.24, 2.45) is 0 Å². The highest BCUT2D eigenvalue weighted by Gasteiger charge is 2.36. The number of amides is 1. The zero-order valence-corrected chi connectivity index (χ0v) is 17.9. The van der Waals surface area contributed by atoms with Crippen LogP contribution >= 0.6 is 11.6 Å². The first-order valence-electron chi connectivity index (χ1n) is 9.55. The Morgan fingerprint density at radius 3 is 2.50 bits per heavy atom. The molecule has 0 fully saturated rings. The van der Waals surface area contributed by atoms with Gasteiger partial charge in [0.05, 0.1) is 27.7 Å². The highest BCUT2D eigenvalue weighted by atomic mass is 35.5. The number of hydrogen-bond donors (Lipinski definition) is 1. The van der Waals surface area contributed by atoms with Crippen molar-refractivity contribution >= 4 is 28.6 Å². The summed E-state index contributed by atoms with van der Waals surface area (Å²) in [5.41, 5.74) is -0.640. The quantitative estimate of drug-likeness (QED) is 0.599. The number of carboxylic acid groups (broad SMARTS) is 1. The molecular formula is C22H23ClFN3O3. The van der Waals surface area contributed by atoms with Gasteiger partial charge in [0.25, 0.3) is 5.56 Å². The van der Waals surface area contributed by atoms with Crippen molar-refractivity contribution in [2.75, 3.05) is 0 Å². The Hall–Kier alpha value is -2.93. The van der Waals surface area contributed by atoms with Gasteiger partial charge in [0.2, 0.25) is 0 Å². The van der Waals surface area contributed by atoms with E-state index in [-0.39, 0.29) is 21.9 Å². The number of halogens is 2. The number of rotatable bonds is 4. The second kappa shape index (κ2) is 8.07. The van der Waals surface area contributed by atoms with E-state index in [1.54, 1.807) is 45.0 Å². The minimum Gasteiger partial charge on any atom is -0.465 e. The molecule has 8 heteroatoms. The first-order chi connectivity index (χ1) is 14.1. The maximum Gasteiger partial charge on any atom is 0.408 e. The number of aromatic nitrogens is 2. The molecule has 1 atom stereocenters. The fourth-order valence-electron chi connectivity index (χ4n) is 3.66. The second-order valence-corrected chi connectivity index (χ2v) is 8.38. The van der Waals surface area contributed by atoms with E-state index in [2.05, 4.69) is 4.98 Å². The summed E-state index contributed by atoms with van der Waals surface area (Å²) < 4.78 is 15.3. The Labute approximate surface area is 178 Å². The van der Waals surface area contributed by atoms with Gasteiger partial charge in [-0.3, -0.25) is 14.3 Å². The summed E-state index contributed by atoms with van der Waals surface area (Å²) in [4.78, 5) is 31.6. The fraction of sp³-hybridized carbons (Fsp3) is 0.318. The van der Waals surface area contributed by atoms with Gasteiger partial charge in [0, 0.05) is 5.54 Å². The lowest BCUT2D eigenvalue weighted by Crippen LogP contribution is -2.48. The van der Waals surface area contributed by atoms with Crippen molar-refractivity contribution in [1.82, 2.24) is 14.5 Å². The smallest absolute Gasteiger partial charge is 0.408 e. The van der Waals surface area contributed by atoms with E-state index in [4.69, 9.17) is 11.6 Å². The maximum atomic E-state index is 14.0. The Balaban J connectivity index is 2.44. The van der Waals surface area contributed by atoms with Crippen LogP contribution in [-0.4, -0.2) is 31.2 Å². The predicted molar refractivity (Wildman–Crippen MR) is 115 cm³/mol. The molecule has 2 aromatic carbocycles. The molecule has 0 saturated carbocycles. The van der Waals surface area contributed by atoms with Crippen LogP contribution in [0.3, 0.4) is 0 Å². The molecule has 3 aromatic rings. The van der Waals surface area contributed by atoms with Crippen molar-refractivity contribution in [3.63, 3.8) is 0 Å². The van der Waals surface area contributed by atoms with Crippen LogP contribution < -0.4 is 5.56 Å². The van der Waals surface area contributed by atoms with Crippen LogP contribution in [0.1, 0.15) is 46.0 Å². The lowest BCUT2D eigenvalue weighted by molar-refractivity contribution is 0.0646. The van der Waals surface area contributed by atoms with Crippen molar-refractivity contribution in [1.29, 1.82) is 0 Å². The number of fused-ring (bicyclic) bond motifs is 1. The predicted octanol–water partition coefficient (Wildman–Crippen LogP) is 5.41. The molecule has 1 amide bonds. The summed E-state index contributed by atoms with van der Waals surface area (Å²) in [6.07, 6.45) is -0.780. The Bertz CT molecular complexity index is 1170. The van der Waals surface area contributed by atoms with Crippen LogP contribution in [0.15, 0.2) is 47.3 Å². The summed E-state index contributed by atoms with van der Waals surface area (Å²) in [7, 11) is 0. The van der Waals surface area contributed by atoms with Crippen LogP contribution in [0.25, 0.3) is 16.6 Å². The van der Waals surface area contributed by atoms with Gasteiger partial charge >= 0.3 is 6.09 Å². The minimum absolute atomic E-state index is 0.194. The zero-order valence-electron chi connectivity index (χ0n) is 17.2. The van der Waals surface area contributed by atoms with Crippen LogP contribution in [0.2, 0.25) is 5.02 Å². The average molecular weight is 432 g/mol. The van der Waals surface area contributed by atoms with Crippen molar-refractivity contribution in [3.8, 4) is 5.69 Å². The number of carbonyl (C=O) groups is 1. The normalized spacial score (nSPS) is 12.7. The molecule has 0 aliphatic heterocycles. The molecule has 3 rings (SSSR count). The lowest BCUT2D eigenvalue weighted by Gasteiger charge is -2.39. The van der Waals surface area contributed by atoms with Gasteiger partial charge in [0.1, 0.15) is 11.6 Å². The minimum atomic E-state index is -1.14. The van der Waals surface area contributed by atoms with Gasteiger partial charge < -0.3 is 5.11 Å². The van der Waals surface area contributed by atoms with E-state index in [0.717, 1.165) is 0 Å². The Kier molecular flexibility index (Phi) is 5.85. The highest BCUT2D eigenvalue weighted by molar-refractivity contribution is 6.35. The number of benzene rings is 2. The van der Waals surface area contributed by atoms with Crippen molar-refractivity contribution in [3.05, 3.63) is 69.5 Å².